The molecule has 0 atom stereocenters. The number of phenolic OH excluding ortho intramolecular Hbond substituents is 1. The van der Waals surface area contributed by atoms with E-state index in [1.54, 1.807) is 24.3 Å². The quantitative estimate of drug-likeness (QED) is 0.651. The van der Waals surface area contributed by atoms with Crippen LogP contribution in [0.15, 0.2) is 46.3 Å². The van der Waals surface area contributed by atoms with Gasteiger partial charge in [0.1, 0.15) is 10.8 Å². The summed E-state index contributed by atoms with van der Waals surface area (Å²) in [6.07, 6.45) is 0. The number of rotatable bonds is 3. The number of nitro groups is 1. The minimum absolute atomic E-state index is 0.108. The van der Waals surface area contributed by atoms with Crippen LogP contribution in [0.25, 0.3) is 0 Å². The van der Waals surface area contributed by atoms with Gasteiger partial charge >= 0.3 is 5.69 Å². The first-order valence-corrected chi connectivity index (χ1v) is 5.76. The summed E-state index contributed by atoms with van der Waals surface area (Å²) in [5.41, 5.74) is 5.29. The fourth-order valence-corrected chi connectivity index (χ4v) is 2.09. The maximum Gasteiger partial charge on any atom is 0.311 e. The van der Waals surface area contributed by atoms with Crippen molar-refractivity contribution in [1.29, 1.82) is 0 Å². The Morgan fingerprint density at radius 2 is 1.89 bits per heavy atom. The van der Waals surface area contributed by atoms with E-state index in [0.717, 1.165) is 4.90 Å². The predicted octanol–water partition coefficient (Wildman–Crippen LogP) is 2.43. The van der Waals surface area contributed by atoms with Crippen molar-refractivity contribution in [3.05, 3.63) is 46.5 Å². The molecule has 0 aliphatic rings. The van der Waals surface area contributed by atoms with Gasteiger partial charge in [0.05, 0.1) is 4.92 Å². The number of anilines is 1. The number of hydrogen-bond donors (Lipinski definition) is 2. The van der Waals surface area contributed by atoms with Gasteiger partial charge < -0.3 is 10.8 Å². The molecule has 2 rings (SSSR count). The zero-order valence-electron chi connectivity index (χ0n) is 9.11. The molecule has 1 heterocycles. The second-order valence-electron chi connectivity index (χ2n) is 3.41. The van der Waals surface area contributed by atoms with Crippen LogP contribution in [0.4, 0.5) is 11.5 Å². The van der Waals surface area contributed by atoms with Crippen LogP contribution in [0.2, 0.25) is 0 Å². The molecule has 0 saturated heterocycles. The van der Waals surface area contributed by atoms with Crippen LogP contribution >= 0.6 is 11.8 Å². The number of nitrogens with two attached hydrogens (primary N) is 1. The lowest BCUT2D eigenvalue weighted by Crippen LogP contribution is -1.98. The molecule has 92 valence electrons. The largest absolute Gasteiger partial charge is 0.508 e. The second-order valence-corrected chi connectivity index (χ2v) is 4.50. The van der Waals surface area contributed by atoms with E-state index in [0.29, 0.717) is 5.03 Å². The third kappa shape index (κ3) is 2.69. The molecular formula is C11H9N3O3S. The molecule has 0 bridgehead atoms. The molecule has 7 heteroatoms. The van der Waals surface area contributed by atoms with Crippen molar-refractivity contribution in [3.8, 4) is 5.75 Å². The average molecular weight is 263 g/mol. The van der Waals surface area contributed by atoms with Gasteiger partial charge in [-0.05, 0) is 30.3 Å². The van der Waals surface area contributed by atoms with E-state index in [9.17, 15) is 10.1 Å². The van der Waals surface area contributed by atoms with Crippen molar-refractivity contribution >= 4 is 23.3 Å². The summed E-state index contributed by atoms with van der Waals surface area (Å²) in [7, 11) is 0. The van der Waals surface area contributed by atoms with Gasteiger partial charge in [-0.15, -0.1) is 0 Å². The van der Waals surface area contributed by atoms with Crippen molar-refractivity contribution < 1.29 is 10.0 Å². The highest BCUT2D eigenvalue weighted by molar-refractivity contribution is 7.99. The van der Waals surface area contributed by atoms with Gasteiger partial charge in [-0.25, -0.2) is 4.98 Å². The normalized spacial score (nSPS) is 10.2. The van der Waals surface area contributed by atoms with Crippen LogP contribution in [0.3, 0.4) is 0 Å². The lowest BCUT2D eigenvalue weighted by Gasteiger charge is -2.02. The third-order valence-corrected chi connectivity index (χ3v) is 3.08. The van der Waals surface area contributed by atoms with E-state index in [4.69, 9.17) is 10.8 Å². The van der Waals surface area contributed by atoms with E-state index < -0.39 is 4.92 Å². The monoisotopic (exact) mass is 263 g/mol. The van der Waals surface area contributed by atoms with E-state index in [1.807, 2.05) is 0 Å². The Kier molecular flexibility index (Phi) is 3.33. The molecule has 6 nitrogen and oxygen atoms in total. The first-order chi connectivity index (χ1) is 8.56. The highest BCUT2D eigenvalue weighted by Gasteiger charge is 2.13. The van der Waals surface area contributed by atoms with Crippen LogP contribution in [0.1, 0.15) is 0 Å². The lowest BCUT2D eigenvalue weighted by atomic mass is 10.3. The summed E-state index contributed by atoms with van der Waals surface area (Å²) < 4.78 is 0. The number of benzene rings is 1. The van der Waals surface area contributed by atoms with Gasteiger partial charge in [0, 0.05) is 11.0 Å². The summed E-state index contributed by atoms with van der Waals surface area (Å²) in [6, 6.07) is 9.41. The highest BCUT2D eigenvalue weighted by atomic mass is 32.2. The first-order valence-electron chi connectivity index (χ1n) is 4.94. The Morgan fingerprint density at radius 1 is 1.22 bits per heavy atom. The van der Waals surface area contributed by atoms with Crippen molar-refractivity contribution in [2.75, 3.05) is 5.73 Å². The molecule has 0 fully saturated rings. The fraction of sp³-hybridized carbons (Fsp3) is 0. The van der Waals surface area contributed by atoms with Crippen LogP contribution in [-0.4, -0.2) is 15.0 Å². The number of aromatic hydroxyl groups is 1. The third-order valence-electron chi connectivity index (χ3n) is 2.13. The number of hydrogen-bond acceptors (Lipinski definition) is 6. The standard InChI is InChI=1S/C11H9N3O3S/c12-11-9(14(16)17)5-6-10(13-11)18-8-3-1-7(15)2-4-8/h1-6,15H,(H2,12,13). The Morgan fingerprint density at radius 3 is 2.44 bits per heavy atom. The Bertz CT molecular complexity index is 587. The summed E-state index contributed by atoms with van der Waals surface area (Å²) in [6.45, 7) is 0. The Balaban J connectivity index is 2.22. The van der Waals surface area contributed by atoms with Crippen molar-refractivity contribution in [2.45, 2.75) is 9.92 Å². The van der Waals surface area contributed by atoms with Gasteiger partial charge in [0.25, 0.3) is 0 Å². The molecule has 0 spiro atoms. The van der Waals surface area contributed by atoms with E-state index in [1.165, 1.54) is 23.9 Å². The second kappa shape index (κ2) is 4.92. The SMILES string of the molecule is Nc1nc(Sc2ccc(O)cc2)ccc1[N+](=O)[O-]. The van der Waals surface area contributed by atoms with Gasteiger partial charge in [0.2, 0.25) is 5.82 Å². The van der Waals surface area contributed by atoms with E-state index in [2.05, 4.69) is 4.98 Å². The highest BCUT2D eigenvalue weighted by Crippen LogP contribution is 2.30. The van der Waals surface area contributed by atoms with Gasteiger partial charge in [-0.3, -0.25) is 10.1 Å². The molecule has 0 amide bonds. The molecule has 18 heavy (non-hydrogen) atoms. The van der Waals surface area contributed by atoms with Crippen molar-refractivity contribution in [2.24, 2.45) is 0 Å². The topological polar surface area (TPSA) is 102 Å². The molecule has 0 aliphatic carbocycles. The van der Waals surface area contributed by atoms with Gasteiger partial charge in [0.15, 0.2) is 0 Å². The zero-order valence-corrected chi connectivity index (χ0v) is 9.92. The molecule has 1 aromatic carbocycles. The lowest BCUT2D eigenvalue weighted by molar-refractivity contribution is -0.384. The number of nitrogen functional groups attached to an aromatic ring is 1. The number of nitrogens with zero attached hydrogens (tertiary/aromatic N) is 2. The van der Waals surface area contributed by atoms with Crippen molar-refractivity contribution in [3.63, 3.8) is 0 Å². The van der Waals surface area contributed by atoms with E-state index >= 15 is 0 Å². The maximum absolute atomic E-state index is 10.6. The average Bonchev–Trinajstić information content (AvgIpc) is 2.32. The van der Waals surface area contributed by atoms with Crippen molar-refractivity contribution in [1.82, 2.24) is 4.98 Å². The molecule has 0 saturated carbocycles. The maximum atomic E-state index is 10.6. The first kappa shape index (κ1) is 12.2. The van der Waals surface area contributed by atoms with Crippen LogP contribution in [0, 0.1) is 10.1 Å². The summed E-state index contributed by atoms with van der Waals surface area (Å²) in [5, 5.41) is 20.3. The minimum Gasteiger partial charge on any atom is -0.508 e. The minimum atomic E-state index is -0.572. The summed E-state index contributed by atoms with van der Waals surface area (Å²) >= 11 is 1.31. The Hall–Kier alpha value is -2.28. The molecular weight excluding hydrogens is 254 g/mol. The van der Waals surface area contributed by atoms with Crippen LogP contribution in [-0.2, 0) is 0 Å². The molecule has 1 aromatic heterocycles. The number of aromatic nitrogens is 1. The Labute approximate surface area is 107 Å². The predicted molar refractivity (Wildman–Crippen MR) is 67.5 cm³/mol. The number of phenols is 1. The molecule has 0 radical (unpaired) electrons. The molecule has 3 N–H and O–H groups in total. The summed E-state index contributed by atoms with van der Waals surface area (Å²) in [4.78, 5) is 14.8. The molecule has 0 unspecified atom stereocenters. The summed E-state index contributed by atoms with van der Waals surface area (Å²) in [5.74, 6) is 0.0688. The van der Waals surface area contributed by atoms with E-state index in [-0.39, 0.29) is 17.3 Å². The zero-order chi connectivity index (χ0) is 13.1. The van der Waals surface area contributed by atoms with Gasteiger partial charge in [-0.1, -0.05) is 11.8 Å². The fourth-order valence-electron chi connectivity index (χ4n) is 1.30. The van der Waals surface area contributed by atoms with Crippen LogP contribution < -0.4 is 5.73 Å². The smallest absolute Gasteiger partial charge is 0.311 e. The van der Waals surface area contributed by atoms with Gasteiger partial charge in [-0.2, -0.15) is 0 Å². The number of pyridine rings is 1. The molecule has 2 aromatic rings. The van der Waals surface area contributed by atoms with Crippen LogP contribution in [0.5, 0.6) is 5.75 Å². The molecule has 0 aliphatic heterocycles.